The van der Waals surface area contributed by atoms with Crippen molar-refractivity contribution in [2.75, 3.05) is 19.8 Å². The average molecular weight is 319 g/mol. The molecule has 1 rings (SSSR count). The largest absolute Gasteiger partial charge is 0.380 e. The second kappa shape index (κ2) is 7.19. The van der Waals surface area contributed by atoms with Crippen molar-refractivity contribution < 1.29 is 4.74 Å². The maximum absolute atomic E-state index is 5.49. The van der Waals surface area contributed by atoms with Crippen molar-refractivity contribution in [3.05, 3.63) is 33.4 Å². The summed E-state index contributed by atoms with van der Waals surface area (Å²) in [4.78, 5) is 0. The van der Waals surface area contributed by atoms with Gasteiger partial charge in [0.15, 0.2) is 0 Å². The van der Waals surface area contributed by atoms with Gasteiger partial charge in [-0.3, -0.25) is 0 Å². The molecule has 0 radical (unpaired) electrons. The maximum Gasteiger partial charge on any atom is 0.0661 e. The maximum atomic E-state index is 5.49. The third kappa shape index (κ3) is 4.09. The molecule has 0 aliphatic rings. The summed E-state index contributed by atoms with van der Waals surface area (Å²) in [6, 6.07) is 8.74. The third-order valence-corrected chi connectivity index (χ3v) is 3.20. The Hall–Kier alpha value is -0.130. The van der Waals surface area contributed by atoms with Gasteiger partial charge in [-0.1, -0.05) is 25.1 Å². The number of halogens is 1. The molecule has 1 N–H and O–H groups in total. The van der Waals surface area contributed by atoms with E-state index in [0.29, 0.717) is 6.04 Å². The highest BCUT2D eigenvalue weighted by Gasteiger charge is 2.12. The molecule has 0 amide bonds. The number of hydrogen-bond donors (Lipinski definition) is 1. The highest BCUT2D eigenvalue weighted by atomic mass is 127. The van der Waals surface area contributed by atoms with Crippen molar-refractivity contribution in [1.29, 1.82) is 0 Å². The molecule has 0 aliphatic heterocycles. The van der Waals surface area contributed by atoms with Gasteiger partial charge >= 0.3 is 0 Å². The Labute approximate surface area is 106 Å². The predicted molar refractivity (Wildman–Crippen MR) is 72.1 cm³/mol. The number of benzene rings is 1. The molecule has 2 nitrogen and oxygen atoms in total. The summed E-state index contributed by atoms with van der Waals surface area (Å²) in [5.41, 5.74) is 1.33. The minimum Gasteiger partial charge on any atom is -0.380 e. The first-order valence-corrected chi connectivity index (χ1v) is 6.43. The monoisotopic (exact) mass is 319 g/mol. The Balaban J connectivity index is 2.74. The Morgan fingerprint density at radius 1 is 1.33 bits per heavy atom. The molecule has 1 aromatic rings. The lowest BCUT2D eigenvalue weighted by Gasteiger charge is -2.19. The lowest BCUT2D eigenvalue weighted by atomic mass is 10.1. The zero-order chi connectivity index (χ0) is 11.1. The zero-order valence-corrected chi connectivity index (χ0v) is 11.5. The third-order valence-electron chi connectivity index (χ3n) is 2.22. The van der Waals surface area contributed by atoms with Gasteiger partial charge in [-0.15, -0.1) is 0 Å². The number of rotatable bonds is 6. The topological polar surface area (TPSA) is 21.3 Å². The minimum absolute atomic E-state index is 0.308. The second-order valence-electron chi connectivity index (χ2n) is 3.29. The SMILES string of the molecule is CCNC(COCC)c1ccccc1I. The molecular weight excluding hydrogens is 301 g/mol. The van der Waals surface area contributed by atoms with E-state index >= 15 is 0 Å². The molecule has 0 spiro atoms. The van der Waals surface area contributed by atoms with Crippen molar-refractivity contribution in [3.63, 3.8) is 0 Å². The van der Waals surface area contributed by atoms with E-state index in [-0.39, 0.29) is 0 Å². The second-order valence-corrected chi connectivity index (χ2v) is 4.45. The smallest absolute Gasteiger partial charge is 0.0661 e. The van der Waals surface area contributed by atoms with Gasteiger partial charge in [-0.2, -0.15) is 0 Å². The van der Waals surface area contributed by atoms with E-state index in [0.717, 1.165) is 19.8 Å². The van der Waals surface area contributed by atoms with Crippen LogP contribution in [0.5, 0.6) is 0 Å². The summed E-state index contributed by atoms with van der Waals surface area (Å²) in [6.45, 7) is 6.62. The van der Waals surface area contributed by atoms with Gasteiger partial charge in [0, 0.05) is 10.2 Å². The van der Waals surface area contributed by atoms with Crippen LogP contribution >= 0.6 is 22.6 Å². The molecular formula is C12H18INO. The zero-order valence-electron chi connectivity index (χ0n) is 9.29. The Bertz CT molecular complexity index is 291. The van der Waals surface area contributed by atoms with Crippen LogP contribution in [-0.2, 0) is 4.74 Å². The summed E-state index contributed by atoms with van der Waals surface area (Å²) in [5, 5.41) is 3.44. The normalized spacial score (nSPS) is 12.7. The summed E-state index contributed by atoms with van der Waals surface area (Å²) in [5.74, 6) is 0. The van der Waals surface area contributed by atoms with Gasteiger partial charge in [0.1, 0.15) is 0 Å². The fraction of sp³-hybridized carbons (Fsp3) is 0.500. The Morgan fingerprint density at radius 2 is 2.07 bits per heavy atom. The van der Waals surface area contributed by atoms with Crippen molar-refractivity contribution in [2.24, 2.45) is 0 Å². The van der Waals surface area contributed by atoms with Crippen LogP contribution in [0, 0.1) is 3.57 Å². The first-order chi connectivity index (χ1) is 7.29. The molecule has 84 valence electrons. The first-order valence-electron chi connectivity index (χ1n) is 5.35. The van der Waals surface area contributed by atoms with Gasteiger partial charge in [-0.25, -0.2) is 0 Å². The van der Waals surface area contributed by atoms with Gasteiger partial charge in [0.25, 0.3) is 0 Å². The van der Waals surface area contributed by atoms with Crippen LogP contribution in [0.25, 0.3) is 0 Å². The lowest BCUT2D eigenvalue weighted by Crippen LogP contribution is -2.26. The van der Waals surface area contributed by atoms with Gasteiger partial charge in [-0.05, 0) is 47.7 Å². The van der Waals surface area contributed by atoms with Crippen molar-refractivity contribution >= 4 is 22.6 Å². The number of ether oxygens (including phenoxy) is 1. The molecule has 0 aromatic heterocycles. The number of likely N-dealkylation sites (N-methyl/N-ethyl adjacent to an activating group) is 1. The number of hydrogen-bond acceptors (Lipinski definition) is 2. The summed E-state index contributed by atoms with van der Waals surface area (Å²) >= 11 is 2.37. The molecule has 0 saturated carbocycles. The van der Waals surface area contributed by atoms with Crippen LogP contribution in [0.4, 0.5) is 0 Å². The van der Waals surface area contributed by atoms with E-state index in [1.54, 1.807) is 0 Å². The van der Waals surface area contributed by atoms with Crippen molar-refractivity contribution in [2.45, 2.75) is 19.9 Å². The van der Waals surface area contributed by atoms with E-state index in [1.165, 1.54) is 9.13 Å². The molecule has 0 saturated heterocycles. The first kappa shape index (κ1) is 12.9. The minimum atomic E-state index is 0.308. The summed E-state index contributed by atoms with van der Waals surface area (Å²) < 4.78 is 6.78. The van der Waals surface area contributed by atoms with Gasteiger partial charge < -0.3 is 10.1 Å². The van der Waals surface area contributed by atoms with E-state index < -0.39 is 0 Å². The molecule has 0 fully saturated rings. The summed E-state index contributed by atoms with van der Waals surface area (Å²) in [7, 11) is 0. The Kier molecular flexibility index (Phi) is 6.20. The highest BCUT2D eigenvalue weighted by Crippen LogP contribution is 2.20. The molecule has 15 heavy (non-hydrogen) atoms. The summed E-state index contributed by atoms with van der Waals surface area (Å²) in [6.07, 6.45) is 0. The standard InChI is InChI=1S/C12H18INO/c1-3-14-12(9-15-4-2)10-7-5-6-8-11(10)13/h5-8,12,14H,3-4,9H2,1-2H3. The lowest BCUT2D eigenvalue weighted by molar-refractivity contribution is 0.123. The molecule has 0 bridgehead atoms. The van der Waals surface area contributed by atoms with Gasteiger partial charge in [0.05, 0.1) is 12.6 Å². The van der Waals surface area contributed by atoms with Crippen molar-refractivity contribution in [3.8, 4) is 0 Å². The molecule has 3 heteroatoms. The molecule has 1 aromatic carbocycles. The number of nitrogens with one attached hydrogen (secondary N) is 1. The van der Waals surface area contributed by atoms with E-state index in [2.05, 4.69) is 59.1 Å². The highest BCUT2D eigenvalue weighted by molar-refractivity contribution is 14.1. The quantitative estimate of drug-likeness (QED) is 0.814. The molecule has 0 aliphatic carbocycles. The molecule has 0 heterocycles. The van der Waals surface area contributed by atoms with E-state index in [1.807, 2.05) is 6.92 Å². The fourth-order valence-corrected chi connectivity index (χ4v) is 2.26. The molecule has 1 atom stereocenters. The average Bonchev–Trinajstić information content (AvgIpc) is 2.25. The Morgan fingerprint density at radius 3 is 2.67 bits per heavy atom. The van der Waals surface area contributed by atoms with E-state index in [9.17, 15) is 0 Å². The van der Waals surface area contributed by atoms with Crippen LogP contribution < -0.4 is 5.32 Å². The fourth-order valence-electron chi connectivity index (χ4n) is 1.50. The van der Waals surface area contributed by atoms with Crippen LogP contribution in [-0.4, -0.2) is 19.8 Å². The predicted octanol–water partition coefficient (Wildman–Crippen LogP) is 2.98. The van der Waals surface area contributed by atoms with Gasteiger partial charge in [0.2, 0.25) is 0 Å². The van der Waals surface area contributed by atoms with E-state index in [4.69, 9.17) is 4.74 Å². The van der Waals surface area contributed by atoms with Crippen LogP contribution in [0.1, 0.15) is 25.5 Å². The van der Waals surface area contributed by atoms with Crippen molar-refractivity contribution in [1.82, 2.24) is 5.32 Å². The van der Waals surface area contributed by atoms with Crippen LogP contribution in [0.15, 0.2) is 24.3 Å². The molecule has 1 unspecified atom stereocenters. The van der Waals surface area contributed by atoms with Crippen LogP contribution in [0.2, 0.25) is 0 Å². The van der Waals surface area contributed by atoms with Crippen LogP contribution in [0.3, 0.4) is 0 Å².